The van der Waals surface area contributed by atoms with E-state index in [4.69, 9.17) is 0 Å². The molecule has 154 valence electrons. The van der Waals surface area contributed by atoms with Crippen molar-refractivity contribution in [3.05, 3.63) is 12.7 Å². The molecule has 0 aromatic heterocycles. The van der Waals surface area contributed by atoms with E-state index >= 15 is 0 Å². The summed E-state index contributed by atoms with van der Waals surface area (Å²) in [5.74, 6) is -0.305. The number of amides is 5. The highest BCUT2D eigenvalue weighted by Crippen LogP contribution is 2.35. The normalized spacial score (nSPS) is 21.9. The van der Waals surface area contributed by atoms with Gasteiger partial charge in [-0.05, 0) is 12.8 Å². The average Bonchev–Trinajstić information content (AvgIpc) is 3.24. The van der Waals surface area contributed by atoms with Crippen molar-refractivity contribution in [2.24, 2.45) is 0 Å². The first-order valence-corrected chi connectivity index (χ1v) is 9.97. The van der Waals surface area contributed by atoms with Crippen LogP contribution in [0.5, 0.6) is 0 Å². The molecule has 1 saturated carbocycles. The molecule has 0 unspecified atom stereocenters. The van der Waals surface area contributed by atoms with E-state index in [1.54, 1.807) is 11.0 Å². The number of imide groups is 1. The Morgan fingerprint density at radius 3 is 2.46 bits per heavy atom. The van der Waals surface area contributed by atoms with Crippen molar-refractivity contribution in [2.75, 3.05) is 45.8 Å². The summed E-state index contributed by atoms with van der Waals surface area (Å²) in [5, 5.41) is 5.57. The molecule has 3 aliphatic rings. The third-order valence-electron chi connectivity index (χ3n) is 5.79. The van der Waals surface area contributed by atoms with E-state index in [9.17, 15) is 19.2 Å². The number of carbonyl (C=O) groups excluding carboxylic acids is 4. The molecule has 1 aliphatic carbocycles. The Labute approximate surface area is 165 Å². The number of piperazine rings is 1. The van der Waals surface area contributed by atoms with Gasteiger partial charge in [0, 0.05) is 45.7 Å². The third-order valence-corrected chi connectivity index (χ3v) is 5.79. The van der Waals surface area contributed by atoms with Gasteiger partial charge in [0.2, 0.25) is 11.8 Å². The number of hydrogen-bond donors (Lipinski definition) is 2. The van der Waals surface area contributed by atoms with Crippen molar-refractivity contribution in [3.8, 4) is 0 Å². The predicted octanol–water partition coefficient (Wildman–Crippen LogP) is -0.312. The molecule has 0 bridgehead atoms. The van der Waals surface area contributed by atoms with E-state index in [-0.39, 0.29) is 36.7 Å². The zero-order chi connectivity index (χ0) is 20.1. The lowest BCUT2D eigenvalue weighted by atomic mass is 9.98. The van der Waals surface area contributed by atoms with E-state index in [2.05, 4.69) is 17.2 Å². The quantitative estimate of drug-likeness (QED) is 0.458. The molecular weight excluding hydrogens is 362 g/mol. The first kappa shape index (κ1) is 20.3. The second-order valence-electron chi connectivity index (χ2n) is 7.68. The van der Waals surface area contributed by atoms with E-state index in [0.29, 0.717) is 52.1 Å². The average molecular weight is 391 g/mol. The van der Waals surface area contributed by atoms with Crippen LogP contribution in [0.1, 0.15) is 32.1 Å². The maximum atomic E-state index is 12.6. The van der Waals surface area contributed by atoms with Gasteiger partial charge in [-0.1, -0.05) is 18.9 Å². The van der Waals surface area contributed by atoms with Crippen molar-refractivity contribution < 1.29 is 19.2 Å². The van der Waals surface area contributed by atoms with Gasteiger partial charge in [0.25, 0.3) is 5.91 Å². The minimum atomic E-state index is -0.724. The maximum Gasteiger partial charge on any atom is 0.325 e. The second kappa shape index (κ2) is 8.72. The highest BCUT2D eigenvalue weighted by atomic mass is 16.2. The molecule has 2 aliphatic heterocycles. The van der Waals surface area contributed by atoms with Crippen molar-refractivity contribution in [2.45, 2.75) is 37.6 Å². The van der Waals surface area contributed by atoms with Crippen LogP contribution in [-0.4, -0.2) is 89.8 Å². The van der Waals surface area contributed by atoms with Crippen molar-refractivity contribution >= 4 is 23.8 Å². The van der Waals surface area contributed by atoms with Crippen LogP contribution >= 0.6 is 0 Å². The molecule has 2 N–H and O–H groups in total. The van der Waals surface area contributed by atoms with Gasteiger partial charge in [-0.25, -0.2) is 4.79 Å². The monoisotopic (exact) mass is 391 g/mol. The zero-order valence-electron chi connectivity index (χ0n) is 16.2. The molecule has 5 amide bonds. The van der Waals surface area contributed by atoms with E-state index < -0.39 is 5.54 Å². The lowest BCUT2D eigenvalue weighted by molar-refractivity contribution is -0.134. The summed E-state index contributed by atoms with van der Waals surface area (Å²) >= 11 is 0. The van der Waals surface area contributed by atoms with Gasteiger partial charge in [-0.15, -0.1) is 6.58 Å². The summed E-state index contributed by atoms with van der Waals surface area (Å²) < 4.78 is 0. The van der Waals surface area contributed by atoms with E-state index in [1.165, 1.54) is 4.90 Å². The summed E-state index contributed by atoms with van der Waals surface area (Å²) in [6, 6.07) is -0.380. The minimum Gasteiger partial charge on any atom is -0.352 e. The number of nitrogens with zero attached hydrogens (tertiary/aromatic N) is 3. The fourth-order valence-corrected chi connectivity index (χ4v) is 4.16. The van der Waals surface area contributed by atoms with Gasteiger partial charge in [0.1, 0.15) is 5.54 Å². The molecule has 0 aromatic rings. The van der Waals surface area contributed by atoms with Crippen molar-refractivity contribution in [1.82, 2.24) is 25.3 Å². The lowest BCUT2D eigenvalue weighted by Gasteiger charge is -2.34. The van der Waals surface area contributed by atoms with Gasteiger partial charge >= 0.3 is 6.03 Å². The van der Waals surface area contributed by atoms with Gasteiger partial charge in [0.15, 0.2) is 0 Å². The molecule has 28 heavy (non-hydrogen) atoms. The molecule has 2 heterocycles. The molecule has 0 aromatic carbocycles. The first-order chi connectivity index (χ1) is 13.4. The SMILES string of the molecule is C=CCNC(=O)CN1CCN(C(=O)CCN2C(=O)NC3(CCCC3)C2=O)CC1. The lowest BCUT2D eigenvalue weighted by Crippen LogP contribution is -2.51. The highest BCUT2D eigenvalue weighted by Gasteiger charge is 2.52. The molecule has 1 spiro atoms. The smallest absolute Gasteiger partial charge is 0.325 e. The fourth-order valence-electron chi connectivity index (χ4n) is 4.16. The minimum absolute atomic E-state index is 0.0564. The summed E-state index contributed by atoms with van der Waals surface area (Å²) in [6.07, 6.45) is 5.02. The molecule has 9 nitrogen and oxygen atoms in total. The van der Waals surface area contributed by atoms with Gasteiger partial charge < -0.3 is 15.5 Å². The first-order valence-electron chi connectivity index (χ1n) is 9.97. The van der Waals surface area contributed by atoms with Crippen LogP contribution in [0.4, 0.5) is 4.79 Å². The molecule has 3 fully saturated rings. The Morgan fingerprint density at radius 2 is 1.82 bits per heavy atom. The van der Waals surface area contributed by atoms with Crippen LogP contribution in [0.25, 0.3) is 0 Å². The Kier molecular flexibility index (Phi) is 6.33. The summed E-state index contributed by atoms with van der Waals surface area (Å²) in [7, 11) is 0. The van der Waals surface area contributed by atoms with Crippen LogP contribution in [0.15, 0.2) is 12.7 Å². The number of nitrogens with one attached hydrogen (secondary N) is 2. The Morgan fingerprint density at radius 1 is 1.14 bits per heavy atom. The van der Waals surface area contributed by atoms with Crippen LogP contribution in [-0.2, 0) is 14.4 Å². The number of carbonyl (C=O) groups is 4. The highest BCUT2D eigenvalue weighted by molar-refractivity contribution is 6.07. The maximum absolute atomic E-state index is 12.6. The second-order valence-corrected chi connectivity index (χ2v) is 7.68. The number of hydrogen-bond acceptors (Lipinski definition) is 5. The molecular formula is C19H29N5O4. The summed E-state index contributed by atoms with van der Waals surface area (Å²) in [6.45, 7) is 6.76. The third kappa shape index (κ3) is 4.35. The Bertz CT molecular complexity index is 651. The zero-order valence-corrected chi connectivity index (χ0v) is 16.2. The van der Waals surface area contributed by atoms with Crippen LogP contribution in [0, 0.1) is 0 Å². The van der Waals surface area contributed by atoms with Crippen molar-refractivity contribution in [3.63, 3.8) is 0 Å². The standard InChI is InChI=1S/C19H29N5O4/c1-2-8-20-15(25)14-22-10-12-23(13-11-22)16(26)5-9-24-17(27)19(21-18(24)28)6-3-4-7-19/h2H,1,3-14H2,(H,20,25)(H,21,28). The molecule has 2 saturated heterocycles. The largest absolute Gasteiger partial charge is 0.352 e. The topological polar surface area (TPSA) is 102 Å². The van der Waals surface area contributed by atoms with Crippen molar-refractivity contribution in [1.29, 1.82) is 0 Å². The van der Waals surface area contributed by atoms with Gasteiger partial charge in [-0.3, -0.25) is 24.2 Å². The van der Waals surface area contributed by atoms with Crippen LogP contribution < -0.4 is 10.6 Å². The predicted molar refractivity (Wildman–Crippen MR) is 102 cm³/mol. The summed E-state index contributed by atoms with van der Waals surface area (Å²) in [5.41, 5.74) is -0.724. The van der Waals surface area contributed by atoms with Gasteiger partial charge in [0.05, 0.1) is 6.54 Å². The van der Waals surface area contributed by atoms with E-state index in [0.717, 1.165) is 12.8 Å². The van der Waals surface area contributed by atoms with Crippen LogP contribution in [0.3, 0.4) is 0 Å². The van der Waals surface area contributed by atoms with E-state index in [1.807, 2.05) is 4.90 Å². The Hall–Kier alpha value is -2.42. The molecule has 9 heteroatoms. The number of urea groups is 1. The van der Waals surface area contributed by atoms with Gasteiger partial charge in [-0.2, -0.15) is 0 Å². The molecule has 0 atom stereocenters. The Balaban J connectivity index is 1.41. The fraction of sp³-hybridized carbons (Fsp3) is 0.684. The molecule has 3 rings (SSSR count). The molecule has 0 radical (unpaired) electrons. The van der Waals surface area contributed by atoms with Crippen LogP contribution in [0.2, 0.25) is 0 Å². The number of rotatable bonds is 7. The summed E-state index contributed by atoms with van der Waals surface area (Å²) in [4.78, 5) is 54.0.